The molecule has 1 N–H and O–H groups in total. The SMILES string of the molecule is CCOC(=O)CN1C(=O)C(NS(=O)(=O)c2cccc3cccnc23)N=C(c2ccccc2)c2ccccc21. The Morgan fingerprint density at radius 3 is 2.50 bits per heavy atom. The Kier molecular flexibility index (Phi) is 6.99. The molecule has 2 heterocycles. The Labute approximate surface area is 219 Å². The van der Waals surface area contributed by atoms with Gasteiger partial charge in [-0.1, -0.05) is 66.7 Å². The summed E-state index contributed by atoms with van der Waals surface area (Å²) in [5.74, 6) is -1.34. The molecule has 0 aliphatic carbocycles. The fourth-order valence-electron chi connectivity index (χ4n) is 4.33. The molecule has 0 bridgehead atoms. The largest absolute Gasteiger partial charge is 0.465 e. The molecule has 0 saturated carbocycles. The van der Waals surface area contributed by atoms with Crippen molar-refractivity contribution in [2.75, 3.05) is 18.1 Å². The highest BCUT2D eigenvalue weighted by molar-refractivity contribution is 7.89. The number of ether oxygens (including phenoxy) is 1. The minimum Gasteiger partial charge on any atom is -0.465 e. The van der Waals surface area contributed by atoms with Gasteiger partial charge in [-0.25, -0.2) is 8.42 Å². The summed E-state index contributed by atoms with van der Waals surface area (Å²) in [6, 6.07) is 24.4. The van der Waals surface area contributed by atoms with Gasteiger partial charge < -0.3 is 4.74 Å². The summed E-state index contributed by atoms with van der Waals surface area (Å²) in [4.78, 5) is 36.3. The molecule has 1 amide bonds. The standard InChI is InChI=1S/C28H24N4O5S/c1-2-37-24(33)18-32-22-15-7-6-14-21(22)25(19-10-4-3-5-11-19)30-27(28(32)34)31-38(35,36)23-16-8-12-20-13-9-17-29-26(20)23/h3-17,27,31H,2,18H2,1H3. The average Bonchev–Trinajstić information content (AvgIpc) is 3.04. The van der Waals surface area contributed by atoms with Crippen molar-refractivity contribution in [3.8, 4) is 0 Å². The number of benzene rings is 3. The van der Waals surface area contributed by atoms with Crippen molar-refractivity contribution in [2.45, 2.75) is 18.0 Å². The number of esters is 1. The zero-order chi connectivity index (χ0) is 26.7. The number of amides is 1. The Morgan fingerprint density at radius 2 is 1.71 bits per heavy atom. The molecule has 0 fully saturated rings. The van der Waals surface area contributed by atoms with Crippen LogP contribution in [-0.4, -0.2) is 50.3 Å². The molecule has 3 aromatic carbocycles. The number of aliphatic imine (C=N–C) groups is 1. The summed E-state index contributed by atoms with van der Waals surface area (Å²) in [6.07, 6.45) is -0.0577. The number of carbonyl (C=O) groups excluding carboxylic acids is 2. The van der Waals surface area contributed by atoms with E-state index in [1.807, 2.05) is 30.3 Å². The average molecular weight is 529 g/mol. The maximum atomic E-state index is 13.9. The maximum Gasteiger partial charge on any atom is 0.326 e. The number of sulfonamides is 1. The van der Waals surface area contributed by atoms with Crippen molar-refractivity contribution < 1.29 is 22.7 Å². The van der Waals surface area contributed by atoms with Crippen molar-refractivity contribution >= 4 is 44.2 Å². The van der Waals surface area contributed by atoms with Crippen LogP contribution in [0.25, 0.3) is 10.9 Å². The lowest BCUT2D eigenvalue weighted by atomic mass is 10.0. The number of rotatable bonds is 7. The summed E-state index contributed by atoms with van der Waals surface area (Å²) in [6.45, 7) is 1.40. The first kappa shape index (κ1) is 25.2. The number of para-hydroxylation sites is 2. The van der Waals surface area contributed by atoms with Crippen LogP contribution in [0.15, 0.2) is 101 Å². The van der Waals surface area contributed by atoms with Crippen LogP contribution >= 0.6 is 0 Å². The lowest BCUT2D eigenvalue weighted by molar-refractivity contribution is -0.142. The Hall–Kier alpha value is -4.41. The Bertz CT molecular complexity index is 1650. The van der Waals surface area contributed by atoms with Crippen LogP contribution < -0.4 is 9.62 Å². The third-order valence-corrected chi connectivity index (χ3v) is 7.44. The first-order valence-electron chi connectivity index (χ1n) is 11.9. The summed E-state index contributed by atoms with van der Waals surface area (Å²) in [5.41, 5.74) is 2.35. The van der Waals surface area contributed by atoms with E-state index in [0.29, 0.717) is 27.9 Å². The van der Waals surface area contributed by atoms with Gasteiger partial charge >= 0.3 is 5.97 Å². The van der Waals surface area contributed by atoms with Gasteiger partial charge in [-0.2, -0.15) is 4.72 Å². The van der Waals surface area contributed by atoms with E-state index in [4.69, 9.17) is 4.74 Å². The maximum absolute atomic E-state index is 13.9. The Morgan fingerprint density at radius 1 is 0.974 bits per heavy atom. The van der Waals surface area contributed by atoms with Crippen molar-refractivity contribution in [2.24, 2.45) is 4.99 Å². The number of nitrogens with one attached hydrogen (secondary N) is 1. The minimum absolute atomic E-state index is 0.0847. The molecule has 5 rings (SSSR count). The van der Waals surface area contributed by atoms with E-state index >= 15 is 0 Å². The van der Waals surface area contributed by atoms with Gasteiger partial charge in [0.1, 0.15) is 11.4 Å². The number of hydrogen-bond acceptors (Lipinski definition) is 7. The molecule has 4 aromatic rings. The summed E-state index contributed by atoms with van der Waals surface area (Å²) in [5, 5.41) is 0.632. The molecular weight excluding hydrogens is 504 g/mol. The molecule has 0 radical (unpaired) electrons. The highest BCUT2D eigenvalue weighted by atomic mass is 32.2. The highest BCUT2D eigenvalue weighted by Crippen LogP contribution is 2.29. The number of carbonyl (C=O) groups is 2. The predicted molar refractivity (Wildman–Crippen MR) is 143 cm³/mol. The minimum atomic E-state index is -4.27. The lowest BCUT2D eigenvalue weighted by Gasteiger charge is -2.24. The topological polar surface area (TPSA) is 118 Å². The van der Waals surface area contributed by atoms with Crippen LogP contribution in [-0.2, 0) is 24.3 Å². The molecule has 1 atom stereocenters. The third-order valence-electron chi connectivity index (χ3n) is 6.00. The number of hydrogen-bond donors (Lipinski definition) is 1. The third kappa shape index (κ3) is 4.91. The number of fused-ring (bicyclic) bond motifs is 2. The van der Waals surface area contributed by atoms with Gasteiger partial charge in [0.15, 0.2) is 6.17 Å². The van der Waals surface area contributed by atoms with Crippen molar-refractivity contribution in [3.05, 3.63) is 102 Å². The molecule has 0 saturated heterocycles. The van der Waals surface area contributed by atoms with Crippen LogP contribution in [0.2, 0.25) is 0 Å². The Balaban J connectivity index is 1.65. The van der Waals surface area contributed by atoms with Gasteiger partial charge in [0.25, 0.3) is 5.91 Å². The van der Waals surface area contributed by atoms with Crippen LogP contribution in [0, 0.1) is 0 Å². The second-order valence-corrected chi connectivity index (χ2v) is 10.1. The van der Waals surface area contributed by atoms with Crippen LogP contribution in [0.3, 0.4) is 0 Å². The number of anilines is 1. The van der Waals surface area contributed by atoms with E-state index in [-0.39, 0.29) is 17.0 Å². The molecule has 192 valence electrons. The van der Waals surface area contributed by atoms with Gasteiger partial charge in [0, 0.05) is 22.7 Å². The fourth-order valence-corrected chi connectivity index (χ4v) is 5.59. The predicted octanol–water partition coefficient (Wildman–Crippen LogP) is 3.29. The molecule has 10 heteroatoms. The van der Waals surface area contributed by atoms with Crippen LogP contribution in [0.1, 0.15) is 18.1 Å². The van der Waals surface area contributed by atoms with E-state index in [0.717, 1.165) is 0 Å². The van der Waals surface area contributed by atoms with Crippen LogP contribution in [0.4, 0.5) is 5.69 Å². The number of pyridine rings is 1. The zero-order valence-corrected chi connectivity index (χ0v) is 21.3. The molecule has 9 nitrogen and oxygen atoms in total. The van der Waals surface area contributed by atoms with Gasteiger partial charge in [-0.15, -0.1) is 0 Å². The number of nitrogens with zero attached hydrogens (tertiary/aromatic N) is 3. The number of aromatic nitrogens is 1. The second kappa shape index (κ2) is 10.5. The van der Waals surface area contributed by atoms with E-state index < -0.39 is 34.6 Å². The van der Waals surface area contributed by atoms with E-state index in [9.17, 15) is 18.0 Å². The van der Waals surface area contributed by atoms with Gasteiger partial charge in [-0.05, 0) is 25.1 Å². The molecular formula is C28H24N4O5S. The molecule has 1 aliphatic heterocycles. The number of benzodiazepines with no additional fused rings is 1. The van der Waals surface area contributed by atoms with Gasteiger partial charge in [-0.3, -0.25) is 24.5 Å². The molecule has 38 heavy (non-hydrogen) atoms. The second-order valence-electron chi connectivity index (χ2n) is 8.45. The van der Waals surface area contributed by atoms with Gasteiger partial charge in [0.2, 0.25) is 10.0 Å². The molecule has 1 aromatic heterocycles. The monoisotopic (exact) mass is 528 g/mol. The van der Waals surface area contributed by atoms with E-state index in [2.05, 4.69) is 14.7 Å². The van der Waals surface area contributed by atoms with Crippen LogP contribution in [0.5, 0.6) is 0 Å². The quantitative estimate of drug-likeness (QED) is 0.368. The highest BCUT2D eigenvalue weighted by Gasteiger charge is 2.36. The van der Waals surface area contributed by atoms with Crippen molar-refractivity contribution in [1.29, 1.82) is 0 Å². The lowest BCUT2D eigenvalue weighted by Crippen LogP contribution is -2.49. The normalized spacial score (nSPS) is 15.5. The van der Waals surface area contributed by atoms with E-state index in [1.54, 1.807) is 55.5 Å². The first-order chi connectivity index (χ1) is 18.4. The summed E-state index contributed by atoms with van der Waals surface area (Å²) in [7, 11) is -4.27. The smallest absolute Gasteiger partial charge is 0.326 e. The molecule has 1 aliphatic rings. The molecule has 1 unspecified atom stereocenters. The molecule has 0 spiro atoms. The zero-order valence-electron chi connectivity index (χ0n) is 20.4. The fraction of sp³-hybridized carbons (Fsp3) is 0.143. The van der Waals surface area contributed by atoms with Crippen molar-refractivity contribution in [3.63, 3.8) is 0 Å². The van der Waals surface area contributed by atoms with Crippen molar-refractivity contribution in [1.82, 2.24) is 9.71 Å². The van der Waals surface area contributed by atoms with E-state index in [1.165, 1.54) is 17.2 Å². The summed E-state index contributed by atoms with van der Waals surface area (Å²) >= 11 is 0. The first-order valence-corrected chi connectivity index (χ1v) is 13.4. The summed E-state index contributed by atoms with van der Waals surface area (Å²) < 4.78 is 34.8. The van der Waals surface area contributed by atoms with Gasteiger partial charge in [0.05, 0.1) is 23.5 Å².